The zero-order valence-electron chi connectivity index (χ0n) is 29.8. The number of Topliss-reactive ketones (excluding diaryl/α,β-unsaturated/α-hetero) is 1. The van der Waals surface area contributed by atoms with E-state index in [0.717, 1.165) is 49.7 Å². The summed E-state index contributed by atoms with van der Waals surface area (Å²) in [5, 5.41) is 6.42. The van der Waals surface area contributed by atoms with E-state index in [1.807, 2.05) is 62.4 Å². The number of likely N-dealkylation sites (tertiary alicyclic amines) is 1. The lowest BCUT2D eigenvalue weighted by Crippen LogP contribution is -2.52. The number of benzene rings is 2. The fraction of sp³-hybridized carbons (Fsp3) is 0.425. The van der Waals surface area contributed by atoms with Gasteiger partial charge < -0.3 is 29.4 Å². The van der Waals surface area contributed by atoms with Gasteiger partial charge in [-0.05, 0) is 73.2 Å². The Kier molecular flexibility index (Phi) is 12.3. The second kappa shape index (κ2) is 17.4. The minimum absolute atomic E-state index is 0.0762. The molecule has 4 heterocycles. The average molecular weight is 710 g/mol. The molecule has 2 aliphatic rings. The van der Waals surface area contributed by atoms with Gasteiger partial charge in [-0.15, -0.1) is 0 Å². The van der Waals surface area contributed by atoms with Crippen LogP contribution in [0.4, 0.5) is 0 Å². The molecule has 2 aromatic carbocycles. The monoisotopic (exact) mass is 709 g/mol. The summed E-state index contributed by atoms with van der Waals surface area (Å²) in [4.78, 5) is 61.9. The van der Waals surface area contributed by atoms with E-state index in [4.69, 9.17) is 13.9 Å². The van der Waals surface area contributed by atoms with E-state index in [-0.39, 0.29) is 36.3 Å². The highest BCUT2D eigenvalue weighted by atomic mass is 16.5. The molecular weight excluding hydrogens is 662 g/mol. The van der Waals surface area contributed by atoms with Crippen molar-refractivity contribution in [3.63, 3.8) is 0 Å². The summed E-state index contributed by atoms with van der Waals surface area (Å²) in [5.74, 6) is -0.530. The Balaban J connectivity index is 1.03. The molecule has 0 spiro atoms. The Hall–Kier alpha value is -5.07. The van der Waals surface area contributed by atoms with Gasteiger partial charge in [-0.1, -0.05) is 38.1 Å². The van der Waals surface area contributed by atoms with Crippen molar-refractivity contribution in [2.75, 3.05) is 52.5 Å². The van der Waals surface area contributed by atoms with Gasteiger partial charge in [0.1, 0.15) is 24.0 Å². The first kappa shape index (κ1) is 36.7. The van der Waals surface area contributed by atoms with Gasteiger partial charge in [0, 0.05) is 43.3 Å². The van der Waals surface area contributed by atoms with E-state index < -0.39 is 23.9 Å². The molecule has 2 N–H and O–H groups in total. The van der Waals surface area contributed by atoms with Crippen molar-refractivity contribution < 1.29 is 33.1 Å². The van der Waals surface area contributed by atoms with Crippen LogP contribution in [0.25, 0.3) is 22.2 Å². The fourth-order valence-corrected chi connectivity index (χ4v) is 6.60. The van der Waals surface area contributed by atoms with Crippen molar-refractivity contribution in [3.8, 4) is 17.0 Å². The predicted octanol–water partition coefficient (Wildman–Crippen LogP) is 4.27. The summed E-state index contributed by atoms with van der Waals surface area (Å²) in [6.45, 7) is 8.80. The van der Waals surface area contributed by atoms with Crippen LogP contribution >= 0.6 is 0 Å². The smallest absolute Gasteiger partial charge is 0.287 e. The number of fused-ring (bicyclic) bond motifs is 1. The molecule has 2 aromatic heterocycles. The second-order valence-corrected chi connectivity index (χ2v) is 13.8. The molecule has 3 amide bonds. The molecule has 4 aromatic rings. The van der Waals surface area contributed by atoms with Crippen LogP contribution in [0.15, 0.2) is 77.3 Å². The van der Waals surface area contributed by atoms with E-state index in [1.54, 1.807) is 29.3 Å². The van der Waals surface area contributed by atoms with E-state index in [9.17, 15) is 19.2 Å². The molecule has 2 aliphatic heterocycles. The standard InChI is InChI=1S/C40H47N5O7/c1-27(2)21-34(43-40(49)37-25-30-24-31(11-12-36(30)52-37)51-20-17-44-15-18-50-19-16-44)39(48)42-33-10-6-14-45(26-35(33)46)38(47)23-28-7-5-8-29(22-28)32-9-3-4-13-41-32/h3-5,7-9,11-13,22,24-25,27,33-34H,6,10,14-21,23,26H2,1-2H3,(H,42,48)(H,43,49)/t33?,34-/m1/s1. The molecule has 2 saturated heterocycles. The van der Waals surface area contributed by atoms with Gasteiger partial charge in [-0.25, -0.2) is 0 Å². The normalized spacial score (nSPS) is 17.5. The molecule has 274 valence electrons. The highest BCUT2D eigenvalue weighted by molar-refractivity contribution is 6.00. The molecule has 12 heteroatoms. The summed E-state index contributed by atoms with van der Waals surface area (Å²) in [7, 11) is 0. The number of furan rings is 1. The van der Waals surface area contributed by atoms with Gasteiger partial charge in [0.15, 0.2) is 11.5 Å². The molecule has 1 unspecified atom stereocenters. The molecule has 2 fully saturated rings. The number of ether oxygens (including phenoxy) is 2. The second-order valence-electron chi connectivity index (χ2n) is 13.8. The fourth-order valence-electron chi connectivity index (χ4n) is 6.60. The lowest BCUT2D eigenvalue weighted by Gasteiger charge is -2.26. The molecule has 6 rings (SSSR count). The summed E-state index contributed by atoms with van der Waals surface area (Å²) >= 11 is 0. The Morgan fingerprint density at radius 3 is 2.63 bits per heavy atom. The van der Waals surface area contributed by atoms with Gasteiger partial charge in [0.25, 0.3) is 5.91 Å². The number of hydrogen-bond acceptors (Lipinski definition) is 9. The number of nitrogens with one attached hydrogen (secondary N) is 2. The molecule has 0 aliphatic carbocycles. The van der Waals surface area contributed by atoms with Crippen LogP contribution in [0.1, 0.15) is 49.2 Å². The molecule has 2 atom stereocenters. The van der Waals surface area contributed by atoms with Crippen LogP contribution in [-0.2, 0) is 25.5 Å². The van der Waals surface area contributed by atoms with Gasteiger partial charge in [0.05, 0.1) is 37.9 Å². The van der Waals surface area contributed by atoms with Gasteiger partial charge in [0.2, 0.25) is 11.8 Å². The summed E-state index contributed by atoms with van der Waals surface area (Å²) in [5.41, 5.74) is 3.09. The number of aromatic nitrogens is 1. The SMILES string of the molecule is CC(C)C[C@@H](NC(=O)c1cc2cc(OCCN3CCOCC3)ccc2o1)C(=O)NC1CCCN(C(=O)Cc2cccc(-c3ccccn3)c2)CC1=O. The summed E-state index contributed by atoms with van der Waals surface area (Å²) < 4.78 is 17.2. The van der Waals surface area contributed by atoms with Gasteiger partial charge in [-0.3, -0.25) is 29.1 Å². The zero-order chi connectivity index (χ0) is 36.5. The highest BCUT2D eigenvalue weighted by Crippen LogP contribution is 2.25. The molecule has 52 heavy (non-hydrogen) atoms. The van der Waals surface area contributed by atoms with Crippen molar-refractivity contribution in [1.82, 2.24) is 25.4 Å². The first-order valence-corrected chi connectivity index (χ1v) is 18.1. The van der Waals surface area contributed by atoms with Gasteiger partial charge in [-0.2, -0.15) is 0 Å². The van der Waals surface area contributed by atoms with Crippen LogP contribution in [-0.4, -0.2) is 103 Å². The van der Waals surface area contributed by atoms with E-state index in [1.165, 1.54) is 0 Å². The quantitative estimate of drug-likeness (QED) is 0.208. The number of hydrogen-bond donors (Lipinski definition) is 2. The number of pyridine rings is 1. The third-order valence-corrected chi connectivity index (χ3v) is 9.39. The maximum atomic E-state index is 13.6. The Bertz CT molecular complexity index is 1850. The van der Waals surface area contributed by atoms with E-state index >= 15 is 0 Å². The van der Waals surface area contributed by atoms with Crippen LogP contribution in [0.5, 0.6) is 5.75 Å². The maximum Gasteiger partial charge on any atom is 0.287 e. The molecule has 0 radical (unpaired) electrons. The topological polar surface area (TPSA) is 143 Å². The molecule has 0 bridgehead atoms. The number of morpholine rings is 1. The summed E-state index contributed by atoms with van der Waals surface area (Å²) in [6, 6.07) is 18.7. The van der Waals surface area contributed by atoms with Crippen molar-refractivity contribution in [2.24, 2.45) is 5.92 Å². The Morgan fingerprint density at radius 2 is 1.85 bits per heavy atom. The molecular formula is C40H47N5O7. The van der Waals surface area contributed by atoms with Crippen molar-refractivity contribution in [3.05, 3.63) is 84.3 Å². The lowest BCUT2D eigenvalue weighted by molar-refractivity contribution is -0.135. The Labute approximate surface area is 303 Å². The van der Waals surface area contributed by atoms with E-state index in [0.29, 0.717) is 49.1 Å². The van der Waals surface area contributed by atoms with Crippen LogP contribution in [0.3, 0.4) is 0 Å². The molecule has 0 saturated carbocycles. The number of ketones is 1. The maximum absolute atomic E-state index is 13.6. The number of amides is 3. The number of carbonyl (C=O) groups excluding carboxylic acids is 4. The Morgan fingerprint density at radius 1 is 1.00 bits per heavy atom. The third-order valence-electron chi connectivity index (χ3n) is 9.39. The van der Waals surface area contributed by atoms with E-state index in [2.05, 4.69) is 20.5 Å². The summed E-state index contributed by atoms with van der Waals surface area (Å²) in [6.07, 6.45) is 3.19. The highest BCUT2D eigenvalue weighted by Gasteiger charge is 2.32. The van der Waals surface area contributed by atoms with Gasteiger partial charge >= 0.3 is 0 Å². The predicted molar refractivity (Wildman–Crippen MR) is 196 cm³/mol. The molecule has 12 nitrogen and oxygen atoms in total. The van der Waals surface area contributed by atoms with Crippen molar-refractivity contribution in [2.45, 2.75) is 51.6 Å². The number of carbonyl (C=O) groups is 4. The zero-order valence-corrected chi connectivity index (χ0v) is 29.8. The first-order chi connectivity index (χ1) is 25.2. The first-order valence-electron chi connectivity index (χ1n) is 18.1. The minimum Gasteiger partial charge on any atom is -0.492 e. The van der Waals surface area contributed by atoms with Crippen molar-refractivity contribution >= 4 is 34.5 Å². The van der Waals surface area contributed by atoms with Crippen LogP contribution in [0, 0.1) is 5.92 Å². The lowest BCUT2D eigenvalue weighted by atomic mass is 10.0. The third kappa shape index (κ3) is 9.83. The van der Waals surface area contributed by atoms with Crippen LogP contribution < -0.4 is 15.4 Å². The largest absolute Gasteiger partial charge is 0.492 e. The number of nitrogens with zero attached hydrogens (tertiary/aromatic N) is 3. The average Bonchev–Trinajstić information content (AvgIpc) is 3.49. The number of rotatable bonds is 13. The van der Waals surface area contributed by atoms with Crippen molar-refractivity contribution in [1.29, 1.82) is 0 Å². The van der Waals surface area contributed by atoms with Crippen LogP contribution in [0.2, 0.25) is 0 Å². The minimum atomic E-state index is -0.889.